The lowest BCUT2D eigenvalue weighted by Crippen LogP contribution is -2.37. The Balaban J connectivity index is 1.31. The van der Waals surface area contributed by atoms with E-state index in [1.807, 2.05) is 36.4 Å². The Bertz CT molecular complexity index is 1100. The van der Waals surface area contributed by atoms with Gasteiger partial charge in [0, 0.05) is 29.5 Å². The Labute approximate surface area is 221 Å². The summed E-state index contributed by atoms with van der Waals surface area (Å²) in [6.45, 7) is 3.03. The third kappa shape index (κ3) is 9.36. The summed E-state index contributed by atoms with van der Waals surface area (Å²) < 4.78 is 5.66. The lowest BCUT2D eigenvalue weighted by Gasteiger charge is -2.08. The number of carbonyl (C=O) groups excluding carboxylic acids is 2. The molecule has 4 N–H and O–H groups in total. The fourth-order valence-electron chi connectivity index (χ4n) is 4.72. The molecule has 3 aromatic rings. The minimum absolute atomic E-state index is 0.155. The number of primary amides is 1. The molecule has 1 heterocycles. The number of nitrogens with two attached hydrogens (primary N) is 1. The van der Waals surface area contributed by atoms with Gasteiger partial charge in [0.05, 0.1) is 0 Å². The van der Waals surface area contributed by atoms with Crippen molar-refractivity contribution in [3.8, 4) is 0 Å². The number of amides is 2. The summed E-state index contributed by atoms with van der Waals surface area (Å²) in [5, 5.41) is 0.875. The summed E-state index contributed by atoms with van der Waals surface area (Å²) >= 11 is 0. The van der Waals surface area contributed by atoms with Crippen LogP contribution in [0, 0.1) is 0 Å². The van der Waals surface area contributed by atoms with Crippen molar-refractivity contribution in [3.63, 3.8) is 0 Å². The van der Waals surface area contributed by atoms with Gasteiger partial charge >= 0.3 is 0 Å². The summed E-state index contributed by atoms with van der Waals surface area (Å²) in [5.74, 6) is -0.552. The predicted molar refractivity (Wildman–Crippen MR) is 151 cm³/mol. The van der Waals surface area contributed by atoms with Crippen LogP contribution in [0.4, 0.5) is 0 Å². The van der Waals surface area contributed by atoms with Crippen LogP contribution in [-0.2, 0) is 6.42 Å². The molecule has 2 aromatic carbocycles. The first-order chi connectivity index (χ1) is 18.1. The number of rotatable bonds is 18. The van der Waals surface area contributed by atoms with Crippen molar-refractivity contribution in [2.75, 3.05) is 6.54 Å². The second kappa shape index (κ2) is 15.9. The Morgan fingerprint density at radius 2 is 1.38 bits per heavy atom. The van der Waals surface area contributed by atoms with Gasteiger partial charge in [0.2, 0.25) is 0 Å². The van der Waals surface area contributed by atoms with E-state index in [1.165, 1.54) is 70.6 Å². The van der Waals surface area contributed by atoms with Crippen LogP contribution in [0.25, 0.3) is 11.0 Å². The smallest absolute Gasteiger partial charge is 0.284 e. The molecule has 0 aliphatic heterocycles. The SMILES string of the molecule is CCCCCCCCCCCCCCNNC(=O)c1ccc(Cc2c(C(N)=O)oc3ccccc23)cc1. The van der Waals surface area contributed by atoms with Crippen LogP contribution in [0.5, 0.6) is 0 Å². The largest absolute Gasteiger partial charge is 0.451 e. The highest BCUT2D eigenvalue weighted by Gasteiger charge is 2.18. The molecule has 0 aliphatic rings. The molecule has 37 heavy (non-hydrogen) atoms. The second-order valence-corrected chi connectivity index (χ2v) is 9.91. The molecule has 6 nitrogen and oxygen atoms in total. The van der Waals surface area contributed by atoms with Crippen molar-refractivity contribution < 1.29 is 14.0 Å². The van der Waals surface area contributed by atoms with E-state index in [-0.39, 0.29) is 11.7 Å². The van der Waals surface area contributed by atoms with Crippen LogP contribution in [0.3, 0.4) is 0 Å². The molecule has 0 unspecified atom stereocenters. The zero-order valence-electron chi connectivity index (χ0n) is 22.3. The number of hydrogen-bond acceptors (Lipinski definition) is 4. The number of carbonyl (C=O) groups is 2. The predicted octanol–water partition coefficient (Wildman–Crippen LogP) is 7.06. The van der Waals surface area contributed by atoms with E-state index in [1.54, 1.807) is 12.1 Å². The molecule has 3 rings (SSSR count). The molecular formula is C31H43N3O3. The van der Waals surface area contributed by atoms with Gasteiger partial charge in [-0.2, -0.15) is 0 Å². The molecule has 0 bridgehead atoms. The lowest BCUT2D eigenvalue weighted by molar-refractivity contribution is 0.0931. The standard InChI is InChI=1S/C31H43N3O3/c1-2-3-4-5-6-7-8-9-10-11-12-15-22-33-34-31(36)25-20-18-24(19-21-25)23-27-26-16-13-14-17-28(26)37-29(27)30(32)35/h13-14,16-21,33H,2-12,15,22-23H2,1H3,(H2,32,35)(H,34,36). The highest BCUT2D eigenvalue weighted by Crippen LogP contribution is 2.28. The number of fused-ring (bicyclic) bond motifs is 1. The molecule has 0 fully saturated rings. The minimum Gasteiger partial charge on any atom is -0.451 e. The quantitative estimate of drug-likeness (QED) is 0.127. The molecule has 200 valence electrons. The molecule has 0 saturated carbocycles. The van der Waals surface area contributed by atoms with Gasteiger partial charge in [0.15, 0.2) is 5.76 Å². The van der Waals surface area contributed by atoms with Crippen LogP contribution in [0.15, 0.2) is 52.9 Å². The lowest BCUT2D eigenvalue weighted by atomic mass is 10.0. The average Bonchev–Trinajstić information content (AvgIpc) is 3.28. The summed E-state index contributed by atoms with van der Waals surface area (Å²) in [4.78, 5) is 24.3. The monoisotopic (exact) mass is 505 g/mol. The van der Waals surface area contributed by atoms with Gasteiger partial charge in [-0.15, -0.1) is 0 Å². The third-order valence-corrected chi connectivity index (χ3v) is 6.88. The number of hydrazine groups is 1. The van der Waals surface area contributed by atoms with Crippen LogP contribution in [0.1, 0.15) is 116 Å². The number of benzene rings is 2. The number of nitrogens with one attached hydrogen (secondary N) is 2. The van der Waals surface area contributed by atoms with E-state index in [0.29, 0.717) is 17.6 Å². The molecular weight excluding hydrogens is 462 g/mol. The first kappa shape index (κ1) is 28.5. The fourth-order valence-corrected chi connectivity index (χ4v) is 4.72. The van der Waals surface area contributed by atoms with Gasteiger partial charge in [-0.1, -0.05) is 108 Å². The Morgan fingerprint density at radius 3 is 2.00 bits per heavy atom. The van der Waals surface area contributed by atoms with Crippen molar-refractivity contribution in [1.82, 2.24) is 10.9 Å². The molecule has 1 aromatic heterocycles. The molecule has 0 saturated heterocycles. The van der Waals surface area contributed by atoms with E-state index in [2.05, 4.69) is 17.8 Å². The second-order valence-electron chi connectivity index (χ2n) is 9.91. The van der Waals surface area contributed by atoms with E-state index in [4.69, 9.17) is 10.2 Å². The van der Waals surface area contributed by atoms with Gasteiger partial charge in [0.25, 0.3) is 11.8 Å². The molecule has 0 aliphatic carbocycles. The maximum atomic E-state index is 12.5. The summed E-state index contributed by atoms with van der Waals surface area (Å²) in [5.41, 5.74) is 14.3. The topological polar surface area (TPSA) is 97.4 Å². The molecule has 0 spiro atoms. The zero-order chi connectivity index (χ0) is 26.3. The zero-order valence-corrected chi connectivity index (χ0v) is 22.3. The van der Waals surface area contributed by atoms with Crippen molar-refractivity contribution in [2.24, 2.45) is 5.73 Å². The van der Waals surface area contributed by atoms with Crippen LogP contribution in [0.2, 0.25) is 0 Å². The first-order valence-corrected chi connectivity index (χ1v) is 14.0. The van der Waals surface area contributed by atoms with Gasteiger partial charge in [0.1, 0.15) is 5.58 Å². The summed E-state index contributed by atoms with van der Waals surface area (Å²) in [6.07, 6.45) is 16.3. The summed E-state index contributed by atoms with van der Waals surface area (Å²) in [7, 11) is 0. The maximum Gasteiger partial charge on any atom is 0.284 e. The van der Waals surface area contributed by atoms with E-state index in [9.17, 15) is 9.59 Å². The number of hydrogen-bond donors (Lipinski definition) is 3. The fraction of sp³-hybridized carbons (Fsp3) is 0.484. The highest BCUT2D eigenvalue weighted by atomic mass is 16.3. The van der Waals surface area contributed by atoms with Gasteiger partial charge in [-0.25, -0.2) is 5.43 Å². The number of unbranched alkanes of at least 4 members (excludes halogenated alkanes) is 11. The number of para-hydroxylation sites is 1. The van der Waals surface area contributed by atoms with Gasteiger partial charge < -0.3 is 10.2 Å². The van der Waals surface area contributed by atoms with Crippen LogP contribution >= 0.6 is 0 Å². The van der Waals surface area contributed by atoms with Gasteiger partial charge in [-0.05, 0) is 30.2 Å². The third-order valence-electron chi connectivity index (χ3n) is 6.88. The number of furan rings is 1. The van der Waals surface area contributed by atoms with Crippen molar-refractivity contribution in [1.29, 1.82) is 0 Å². The van der Waals surface area contributed by atoms with E-state index in [0.717, 1.165) is 29.5 Å². The van der Waals surface area contributed by atoms with Gasteiger partial charge in [-0.3, -0.25) is 15.0 Å². The Kier molecular flexibility index (Phi) is 12.2. The minimum atomic E-state index is -0.582. The normalized spacial score (nSPS) is 11.2. The average molecular weight is 506 g/mol. The Morgan fingerprint density at radius 1 is 0.784 bits per heavy atom. The Hall–Kier alpha value is -3.12. The van der Waals surface area contributed by atoms with E-state index < -0.39 is 5.91 Å². The van der Waals surface area contributed by atoms with Crippen LogP contribution in [-0.4, -0.2) is 18.4 Å². The maximum absolute atomic E-state index is 12.5. The van der Waals surface area contributed by atoms with E-state index >= 15 is 0 Å². The molecule has 6 heteroatoms. The molecule has 2 amide bonds. The summed E-state index contributed by atoms with van der Waals surface area (Å²) in [6, 6.07) is 14.9. The highest BCUT2D eigenvalue weighted by molar-refractivity contribution is 5.98. The van der Waals surface area contributed by atoms with Crippen LogP contribution < -0.4 is 16.6 Å². The van der Waals surface area contributed by atoms with Crippen molar-refractivity contribution in [2.45, 2.75) is 90.4 Å². The molecule has 0 atom stereocenters. The van der Waals surface area contributed by atoms with Crippen molar-refractivity contribution in [3.05, 3.63) is 71.0 Å². The first-order valence-electron chi connectivity index (χ1n) is 14.0. The van der Waals surface area contributed by atoms with Crippen molar-refractivity contribution >= 4 is 22.8 Å². The molecule has 0 radical (unpaired) electrons.